The molecule has 116 valence electrons. The van der Waals surface area contributed by atoms with Crippen LogP contribution in [0.25, 0.3) is 0 Å². The minimum Gasteiger partial charge on any atom is -0.495 e. The van der Waals surface area contributed by atoms with E-state index in [-0.39, 0.29) is 17.9 Å². The van der Waals surface area contributed by atoms with Crippen molar-refractivity contribution in [3.05, 3.63) is 23.2 Å². The molecule has 0 saturated carbocycles. The van der Waals surface area contributed by atoms with Crippen LogP contribution in [-0.2, 0) is 4.79 Å². The number of aliphatic hydroxyl groups excluding tert-OH is 1. The Kier molecular flexibility index (Phi) is 5.45. The van der Waals surface area contributed by atoms with Gasteiger partial charge < -0.3 is 15.2 Å². The van der Waals surface area contributed by atoms with Gasteiger partial charge in [0.25, 0.3) is 0 Å². The van der Waals surface area contributed by atoms with Crippen LogP contribution in [0.4, 0.5) is 5.69 Å². The third kappa shape index (κ3) is 4.33. The molecular formula is C15H21ClN2O3. The summed E-state index contributed by atoms with van der Waals surface area (Å²) in [4.78, 5) is 14.2. The summed E-state index contributed by atoms with van der Waals surface area (Å²) >= 11 is 5.94. The maximum Gasteiger partial charge on any atom is 0.238 e. The van der Waals surface area contributed by atoms with Gasteiger partial charge in [0.05, 0.1) is 25.4 Å². The first-order chi connectivity index (χ1) is 9.99. The lowest BCUT2D eigenvalue weighted by Crippen LogP contribution is -2.32. The quantitative estimate of drug-likeness (QED) is 0.873. The minimum absolute atomic E-state index is 0.109. The van der Waals surface area contributed by atoms with E-state index in [1.54, 1.807) is 32.2 Å². The van der Waals surface area contributed by atoms with Crippen molar-refractivity contribution in [3.63, 3.8) is 0 Å². The van der Waals surface area contributed by atoms with Crippen molar-refractivity contribution in [3.8, 4) is 5.75 Å². The number of ether oxygens (including phenoxy) is 1. The highest BCUT2D eigenvalue weighted by Gasteiger charge is 2.27. The zero-order valence-electron chi connectivity index (χ0n) is 12.3. The number of carbonyl (C=O) groups is 1. The molecule has 1 fully saturated rings. The number of methoxy groups -OCH3 is 1. The lowest BCUT2D eigenvalue weighted by molar-refractivity contribution is -0.117. The Hall–Kier alpha value is -1.30. The highest BCUT2D eigenvalue weighted by Crippen LogP contribution is 2.27. The molecule has 0 radical (unpaired) electrons. The normalized spacial score (nSPS) is 20.3. The Morgan fingerprint density at radius 1 is 1.62 bits per heavy atom. The summed E-state index contributed by atoms with van der Waals surface area (Å²) < 4.78 is 5.20. The van der Waals surface area contributed by atoms with Gasteiger partial charge in [-0.3, -0.25) is 9.69 Å². The van der Waals surface area contributed by atoms with Crippen LogP contribution in [0.5, 0.6) is 5.75 Å². The second-order valence-electron chi connectivity index (χ2n) is 5.42. The highest BCUT2D eigenvalue weighted by molar-refractivity contribution is 6.31. The first-order valence-corrected chi connectivity index (χ1v) is 7.41. The second-order valence-corrected chi connectivity index (χ2v) is 5.85. The van der Waals surface area contributed by atoms with Gasteiger partial charge in [0.15, 0.2) is 0 Å². The van der Waals surface area contributed by atoms with Crippen molar-refractivity contribution in [1.82, 2.24) is 4.90 Å². The number of nitrogens with one attached hydrogen (secondary N) is 1. The predicted octanol–water partition coefficient (Wildman–Crippen LogP) is 1.99. The van der Waals surface area contributed by atoms with E-state index in [0.717, 1.165) is 19.5 Å². The number of hydrogen-bond donors (Lipinski definition) is 2. The van der Waals surface area contributed by atoms with Crippen molar-refractivity contribution in [1.29, 1.82) is 0 Å². The van der Waals surface area contributed by atoms with Gasteiger partial charge in [-0.05, 0) is 44.0 Å². The van der Waals surface area contributed by atoms with Gasteiger partial charge in [-0.15, -0.1) is 0 Å². The van der Waals surface area contributed by atoms with E-state index < -0.39 is 0 Å². The second kappa shape index (κ2) is 7.11. The summed E-state index contributed by atoms with van der Waals surface area (Å²) in [6.07, 6.45) is 0.594. The van der Waals surface area contributed by atoms with E-state index >= 15 is 0 Å². The lowest BCUT2D eigenvalue weighted by Gasteiger charge is -2.17. The molecule has 0 spiro atoms. The van der Waals surface area contributed by atoms with Crippen LogP contribution in [0.3, 0.4) is 0 Å². The van der Waals surface area contributed by atoms with E-state index in [1.807, 2.05) is 4.90 Å². The Morgan fingerprint density at radius 3 is 3.00 bits per heavy atom. The topological polar surface area (TPSA) is 61.8 Å². The molecule has 0 aliphatic carbocycles. The summed E-state index contributed by atoms with van der Waals surface area (Å²) in [5.74, 6) is 0.719. The van der Waals surface area contributed by atoms with Gasteiger partial charge in [0, 0.05) is 11.6 Å². The number of likely N-dealkylation sites (tertiary alicyclic amines) is 1. The van der Waals surface area contributed by atoms with E-state index in [9.17, 15) is 9.90 Å². The van der Waals surface area contributed by atoms with Crippen molar-refractivity contribution in [2.75, 3.05) is 32.1 Å². The maximum atomic E-state index is 12.1. The third-order valence-electron chi connectivity index (χ3n) is 3.79. The first kappa shape index (κ1) is 16.1. The molecule has 2 rings (SSSR count). The third-order valence-corrected chi connectivity index (χ3v) is 4.03. The van der Waals surface area contributed by atoms with Gasteiger partial charge in [0.1, 0.15) is 5.75 Å². The maximum absolute atomic E-state index is 12.1. The van der Waals surface area contributed by atoms with Gasteiger partial charge in [-0.25, -0.2) is 0 Å². The zero-order valence-corrected chi connectivity index (χ0v) is 13.1. The Morgan fingerprint density at radius 2 is 2.38 bits per heavy atom. The molecule has 5 nitrogen and oxygen atoms in total. The molecule has 1 aliphatic heterocycles. The van der Waals surface area contributed by atoms with Crippen LogP contribution in [-0.4, -0.2) is 48.8 Å². The molecule has 0 aromatic heterocycles. The summed E-state index contributed by atoms with van der Waals surface area (Å²) in [6.45, 7) is 3.68. The smallest absolute Gasteiger partial charge is 0.238 e. The predicted molar refractivity (Wildman–Crippen MR) is 82.9 cm³/mol. The molecule has 1 heterocycles. The molecule has 1 aromatic carbocycles. The fourth-order valence-corrected chi connectivity index (χ4v) is 2.74. The number of anilines is 1. The van der Waals surface area contributed by atoms with Crippen molar-refractivity contribution < 1.29 is 14.6 Å². The number of benzene rings is 1. The number of nitrogens with zero attached hydrogens (tertiary/aromatic N) is 1. The summed E-state index contributed by atoms with van der Waals surface area (Å²) in [5, 5.41) is 12.9. The fourth-order valence-electron chi connectivity index (χ4n) is 2.57. The number of halogens is 1. The van der Waals surface area contributed by atoms with Gasteiger partial charge in [0.2, 0.25) is 5.91 Å². The number of amides is 1. The van der Waals surface area contributed by atoms with Gasteiger partial charge >= 0.3 is 0 Å². The molecule has 2 atom stereocenters. The average Bonchev–Trinajstić information content (AvgIpc) is 2.87. The monoisotopic (exact) mass is 312 g/mol. The standard InChI is InChI=1S/C15H21ClN2O3/c1-10(19)11-5-6-18(8-11)9-15(20)17-13-7-12(16)3-4-14(13)21-2/h3-4,7,10-11,19H,5-6,8-9H2,1-2H3,(H,17,20). The van der Waals surface area contributed by atoms with E-state index in [1.165, 1.54) is 0 Å². The fraction of sp³-hybridized carbons (Fsp3) is 0.533. The van der Waals surface area contributed by atoms with Crippen LogP contribution < -0.4 is 10.1 Å². The molecule has 2 N–H and O–H groups in total. The Labute approximate surface area is 129 Å². The molecule has 6 heteroatoms. The van der Waals surface area contributed by atoms with Crippen LogP contribution in [0.1, 0.15) is 13.3 Å². The molecule has 21 heavy (non-hydrogen) atoms. The zero-order chi connectivity index (χ0) is 15.4. The molecule has 0 bridgehead atoms. The number of aliphatic hydroxyl groups is 1. The Balaban J connectivity index is 1.92. The molecule has 1 saturated heterocycles. The largest absolute Gasteiger partial charge is 0.495 e. The molecule has 1 aromatic rings. The summed E-state index contributed by atoms with van der Waals surface area (Å²) in [7, 11) is 1.55. The first-order valence-electron chi connectivity index (χ1n) is 7.03. The Bertz CT molecular complexity index is 508. The van der Waals surface area contributed by atoms with E-state index in [2.05, 4.69) is 5.32 Å². The van der Waals surface area contributed by atoms with Crippen molar-refractivity contribution in [2.24, 2.45) is 5.92 Å². The van der Waals surface area contributed by atoms with Crippen LogP contribution in [0.2, 0.25) is 5.02 Å². The highest BCUT2D eigenvalue weighted by atomic mass is 35.5. The molecule has 1 amide bonds. The summed E-state index contributed by atoms with van der Waals surface area (Å²) in [5.41, 5.74) is 0.571. The van der Waals surface area contributed by atoms with Crippen LogP contribution in [0, 0.1) is 5.92 Å². The molecule has 1 aliphatic rings. The van der Waals surface area contributed by atoms with Crippen molar-refractivity contribution >= 4 is 23.2 Å². The van der Waals surface area contributed by atoms with Crippen LogP contribution in [0.15, 0.2) is 18.2 Å². The summed E-state index contributed by atoms with van der Waals surface area (Å²) in [6, 6.07) is 5.10. The van der Waals surface area contributed by atoms with Crippen LogP contribution >= 0.6 is 11.6 Å². The van der Waals surface area contributed by atoms with Gasteiger partial charge in [-0.2, -0.15) is 0 Å². The van der Waals surface area contributed by atoms with E-state index in [0.29, 0.717) is 23.0 Å². The number of rotatable bonds is 5. The minimum atomic E-state index is -0.328. The number of carbonyl (C=O) groups excluding carboxylic acids is 1. The average molecular weight is 313 g/mol. The SMILES string of the molecule is COc1ccc(Cl)cc1NC(=O)CN1CCC(C(C)O)C1. The number of hydrogen-bond acceptors (Lipinski definition) is 4. The molecule has 2 unspecified atom stereocenters. The van der Waals surface area contributed by atoms with Gasteiger partial charge in [-0.1, -0.05) is 11.6 Å². The molecular weight excluding hydrogens is 292 g/mol. The van der Waals surface area contributed by atoms with E-state index in [4.69, 9.17) is 16.3 Å². The lowest BCUT2D eigenvalue weighted by atomic mass is 10.0. The van der Waals surface area contributed by atoms with Crippen molar-refractivity contribution in [2.45, 2.75) is 19.4 Å².